The van der Waals surface area contributed by atoms with E-state index < -0.39 is 0 Å². The van der Waals surface area contributed by atoms with Crippen LogP contribution in [0.2, 0.25) is 0 Å². The Bertz CT molecular complexity index is 720. The summed E-state index contributed by atoms with van der Waals surface area (Å²) in [5.41, 5.74) is 5.30. The van der Waals surface area contributed by atoms with Crippen LogP contribution in [0, 0.1) is 23.2 Å². The fourth-order valence-corrected chi connectivity index (χ4v) is 7.06. The molecule has 0 spiro atoms. The summed E-state index contributed by atoms with van der Waals surface area (Å²) >= 11 is 0. The van der Waals surface area contributed by atoms with Gasteiger partial charge < -0.3 is 15.2 Å². The fourth-order valence-electron chi connectivity index (χ4n) is 7.06. The zero-order valence-corrected chi connectivity index (χ0v) is 16.0. The second-order valence-electron chi connectivity index (χ2n) is 9.67. The van der Waals surface area contributed by atoms with Gasteiger partial charge in [0.05, 0.1) is 5.41 Å². The summed E-state index contributed by atoms with van der Waals surface area (Å²) < 4.78 is 1.85. The molecule has 4 aliphatic carbocycles. The van der Waals surface area contributed by atoms with Crippen molar-refractivity contribution in [1.82, 2.24) is 14.5 Å². The number of likely N-dealkylation sites (tertiary alicyclic amines) is 1. The highest BCUT2D eigenvalue weighted by Crippen LogP contribution is 2.60. The Morgan fingerprint density at radius 2 is 1.81 bits per heavy atom. The molecule has 1 aromatic heterocycles. The third kappa shape index (κ3) is 2.97. The lowest BCUT2D eigenvalue weighted by atomic mass is 9.49. The van der Waals surface area contributed by atoms with Gasteiger partial charge in [-0.05, 0) is 69.1 Å². The first kappa shape index (κ1) is 17.3. The van der Waals surface area contributed by atoms with Crippen LogP contribution in [0.4, 0.5) is 0 Å². The molecular formula is C21H30N4O2. The Labute approximate surface area is 160 Å². The number of carbonyl (C=O) groups excluding carboxylic acids is 2. The number of carbonyl (C=O) groups is 2. The van der Waals surface area contributed by atoms with Gasteiger partial charge in [-0.2, -0.15) is 0 Å². The average Bonchev–Trinajstić information content (AvgIpc) is 3.07. The number of primary amides is 1. The van der Waals surface area contributed by atoms with E-state index in [1.54, 1.807) is 6.20 Å². The highest BCUT2D eigenvalue weighted by molar-refractivity contribution is 5.83. The van der Waals surface area contributed by atoms with Crippen molar-refractivity contribution in [2.24, 2.45) is 28.9 Å². The Balaban J connectivity index is 1.34. The Morgan fingerprint density at radius 1 is 1.15 bits per heavy atom. The van der Waals surface area contributed by atoms with Crippen molar-refractivity contribution in [3.63, 3.8) is 0 Å². The number of nitrogens with zero attached hydrogens (tertiary/aromatic N) is 3. The van der Waals surface area contributed by atoms with Gasteiger partial charge in [-0.3, -0.25) is 9.59 Å². The van der Waals surface area contributed by atoms with Gasteiger partial charge in [0.25, 0.3) is 0 Å². The zero-order chi connectivity index (χ0) is 18.6. The molecule has 1 saturated heterocycles. The van der Waals surface area contributed by atoms with Gasteiger partial charge in [0, 0.05) is 31.4 Å². The van der Waals surface area contributed by atoms with E-state index in [0.29, 0.717) is 5.91 Å². The van der Waals surface area contributed by atoms with Crippen LogP contribution in [0.3, 0.4) is 0 Å². The molecule has 2 amide bonds. The van der Waals surface area contributed by atoms with Gasteiger partial charge in [0.1, 0.15) is 12.4 Å². The molecule has 27 heavy (non-hydrogen) atoms. The number of hydrogen-bond acceptors (Lipinski definition) is 3. The van der Waals surface area contributed by atoms with E-state index in [4.69, 9.17) is 5.73 Å². The molecule has 2 heterocycles. The van der Waals surface area contributed by atoms with Crippen molar-refractivity contribution in [3.05, 3.63) is 18.2 Å². The van der Waals surface area contributed by atoms with Gasteiger partial charge >= 0.3 is 0 Å². The third-order valence-electron chi connectivity index (χ3n) is 7.64. The van der Waals surface area contributed by atoms with Crippen molar-refractivity contribution in [2.75, 3.05) is 13.1 Å². The van der Waals surface area contributed by atoms with E-state index in [-0.39, 0.29) is 23.8 Å². The smallest absolute Gasteiger partial charge is 0.237 e. The minimum Gasteiger partial charge on any atom is -0.368 e. The van der Waals surface area contributed by atoms with Gasteiger partial charge in [-0.1, -0.05) is 0 Å². The fraction of sp³-hybridized carbons (Fsp3) is 0.762. The summed E-state index contributed by atoms with van der Waals surface area (Å²) in [6, 6.07) is 0. The second-order valence-corrected chi connectivity index (χ2v) is 9.67. The molecule has 6 rings (SSSR count). The monoisotopic (exact) mass is 370 g/mol. The quantitative estimate of drug-likeness (QED) is 0.883. The van der Waals surface area contributed by atoms with Crippen molar-refractivity contribution >= 4 is 11.8 Å². The lowest BCUT2D eigenvalue weighted by Gasteiger charge is -2.57. The van der Waals surface area contributed by atoms with Crippen LogP contribution in [0.1, 0.15) is 63.1 Å². The molecule has 2 N–H and O–H groups in total. The molecule has 5 fully saturated rings. The highest BCUT2D eigenvalue weighted by atomic mass is 16.2. The van der Waals surface area contributed by atoms with Crippen LogP contribution >= 0.6 is 0 Å². The van der Waals surface area contributed by atoms with Crippen LogP contribution in [0.25, 0.3) is 0 Å². The molecule has 5 aliphatic rings. The Hall–Kier alpha value is -1.85. The van der Waals surface area contributed by atoms with Crippen molar-refractivity contribution in [3.8, 4) is 0 Å². The number of nitrogens with two attached hydrogens (primary N) is 1. The van der Waals surface area contributed by atoms with E-state index >= 15 is 0 Å². The average molecular weight is 370 g/mol. The number of amides is 2. The Morgan fingerprint density at radius 3 is 2.44 bits per heavy atom. The van der Waals surface area contributed by atoms with Gasteiger partial charge in [0.15, 0.2) is 0 Å². The topological polar surface area (TPSA) is 81.2 Å². The first-order valence-corrected chi connectivity index (χ1v) is 10.6. The molecule has 4 saturated carbocycles. The van der Waals surface area contributed by atoms with Crippen molar-refractivity contribution < 1.29 is 9.59 Å². The summed E-state index contributed by atoms with van der Waals surface area (Å²) in [7, 11) is 0. The maximum absolute atomic E-state index is 13.7. The van der Waals surface area contributed by atoms with Gasteiger partial charge in [-0.15, -0.1) is 0 Å². The number of imidazole rings is 1. The molecule has 0 aromatic carbocycles. The van der Waals surface area contributed by atoms with E-state index in [1.165, 1.54) is 19.3 Å². The second kappa shape index (κ2) is 6.35. The van der Waals surface area contributed by atoms with Gasteiger partial charge in [0.2, 0.25) is 11.8 Å². The normalized spacial score (nSPS) is 37.6. The molecule has 6 heteroatoms. The highest BCUT2D eigenvalue weighted by Gasteiger charge is 2.55. The summed E-state index contributed by atoms with van der Waals surface area (Å²) in [5.74, 6) is 3.52. The molecule has 0 unspecified atom stereocenters. The SMILES string of the molecule is NC(=O)Cn1ccnc1[C@H]1CCCN(C(=O)C23CC4CC(CC(C4)C2)C3)C1. The maximum Gasteiger partial charge on any atom is 0.237 e. The lowest BCUT2D eigenvalue weighted by molar-refractivity contribution is -0.159. The molecule has 1 aliphatic heterocycles. The molecule has 6 nitrogen and oxygen atoms in total. The lowest BCUT2D eigenvalue weighted by Crippen LogP contribution is -2.56. The van der Waals surface area contributed by atoms with Crippen LogP contribution in [-0.2, 0) is 16.1 Å². The number of hydrogen-bond donors (Lipinski definition) is 1. The minimum atomic E-state index is -0.355. The Kier molecular flexibility index (Phi) is 4.06. The van der Waals surface area contributed by atoms with E-state index in [2.05, 4.69) is 9.88 Å². The number of aromatic nitrogens is 2. The van der Waals surface area contributed by atoms with Crippen LogP contribution in [-0.4, -0.2) is 39.4 Å². The van der Waals surface area contributed by atoms with Crippen LogP contribution in [0.5, 0.6) is 0 Å². The third-order valence-corrected chi connectivity index (χ3v) is 7.64. The predicted molar refractivity (Wildman–Crippen MR) is 101 cm³/mol. The number of rotatable bonds is 4. The molecule has 146 valence electrons. The van der Waals surface area contributed by atoms with E-state index in [9.17, 15) is 9.59 Å². The molecule has 4 bridgehead atoms. The van der Waals surface area contributed by atoms with E-state index in [1.807, 2.05) is 10.8 Å². The predicted octanol–water partition coefficient (Wildman–Crippen LogP) is 2.29. The minimum absolute atomic E-state index is 0.0702. The van der Waals surface area contributed by atoms with E-state index in [0.717, 1.165) is 68.8 Å². The van der Waals surface area contributed by atoms with Crippen LogP contribution in [0.15, 0.2) is 12.4 Å². The maximum atomic E-state index is 13.7. The number of piperidine rings is 1. The molecule has 0 radical (unpaired) electrons. The molecule has 1 aromatic rings. The zero-order valence-electron chi connectivity index (χ0n) is 16.0. The summed E-state index contributed by atoms with van der Waals surface area (Å²) in [5, 5.41) is 0. The molecule has 1 atom stereocenters. The van der Waals surface area contributed by atoms with Crippen molar-refractivity contribution in [2.45, 2.75) is 63.8 Å². The van der Waals surface area contributed by atoms with Gasteiger partial charge in [-0.25, -0.2) is 4.98 Å². The first-order chi connectivity index (χ1) is 13.0. The molecular weight excluding hydrogens is 340 g/mol. The van der Waals surface area contributed by atoms with Crippen molar-refractivity contribution in [1.29, 1.82) is 0 Å². The summed E-state index contributed by atoms with van der Waals surface area (Å²) in [6.45, 7) is 1.76. The standard InChI is InChI=1S/C21H30N4O2/c22-18(26)13-24-5-3-23-19(24)17-2-1-4-25(12-17)20(27)21-9-14-6-15(10-21)8-16(7-14)11-21/h3,5,14-17H,1-2,4,6-13H2,(H2,22,26)/t14?,15?,16?,17-,21?/m0/s1. The summed E-state index contributed by atoms with van der Waals surface area (Å²) in [6.07, 6.45) is 13.0. The largest absolute Gasteiger partial charge is 0.368 e. The summed E-state index contributed by atoms with van der Waals surface area (Å²) in [4.78, 5) is 31.6. The first-order valence-electron chi connectivity index (χ1n) is 10.6. The van der Waals surface area contributed by atoms with Crippen LogP contribution < -0.4 is 5.73 Å².